The van der Waals surface area contributed by atoms with Crippen molar-refractivity contribution in [2.24, 2.45) is 0 Å². The molecular formula is C12H11BrS. The summed E-state index contributed by atoms with van der Waals surface area (Å²) in [6.45, 7) is 4.25. The van der Waals surface area contributed by atoms with E-state index in [1.807, 2.05) is 11.3 Å². The molecule has 0 aliphatic carbocycles. The van der Waals surface area contributed by atoms with Crippen LogP contribution in [0.4, 0.5) is 0 Å². The van der Waals surface area contributed by atoms with Gasteiger partial charge in [0.05, 0.1) is 0 Å². The van der Waals surface area contributed by atoms with Crippen LogP contribution in [0.1, 0.15) is 18.7 Å². The van der Waals surface area contributed by atoms with Gasteiger partial charge in [0.15, 0.2) is 0 Å². The van der Waals surface area contributed by atoms with E-state index < -0.39 is 0 Å². The third-order valence-corrected chi connectivity index (χ3v) is 3.47. The largest absolute Gasteiger partial charge is 0.136 e. The van der Waals surface area contributed by atoms with Crippen molar-refractivity contribution >= 4 is 43.4 Å². The minimum absolute atomic E-state index is 1.15. The normalized spacial score (nSPS) is 10.5. The van der Waals surface area contributed by atoms with Crippen molar-refractivity contribution in [1.82, 2.24) is 0 Å². The Labute approximate surface area is 96.4 Å². The lowest BCUT2D eigenvalue weighted by Crippen LogP contribution is -1.62. The number of fused-ring (bicyclic) bond motifs is 1. The van der Waals surface area contributed by atoms with Gasteiger partial charge in [0, 0.05) is 14.0 Å². The molecule has 72 valence electrons. The van der Waals surface area contributed by atoms with E-state index in [9.17, 15) is 0 Å². The van der Waals surface area contributed by atoms with Crippen LogP contribution in [-0.4, -0.2) is 0 Å². The number of benzene rings is 1. The average Bonchev–Trinajstić information content (AvgIpc) is 2.44. The Balaban J connectivity index is 2.57. The van der Waals surface area contributed by atoms with Gasteiger partial charge in [0.25, 0.3) is 0 Å². The molecule has 0 unspecified atom stereocenters. The maximum Gasteiger partial charge on any atom is 0.0360 e. The van der Waals surface area contributed by atoms with Crippen molar-refractivity contribution in [3.63, 3.8) is 0 Å². The highest BCUT2D eigenvalue weighted by Gasteiger charge is 1.99. The van der Waals surface area contributed by atoms with Crippen LogP contribution in [0.25, 0.3) is 16.2 Å². The van der Waals surface area contributed by atoms with Gasteiger partial charge in [-0.3, -0.25) is 0 Å². The molecule has 0 spiro atoms. The minimum Gasteiger partial charge on any atom is -0.136 e. The fraction of sp³-hybridized carbons (Fsp3) is 0.167. The molecule has 0 aliphatic heterocycles. The van der Waals surface area contributed by atoms with Gasteiger partial charge >= 0.3 is 0 Å². The molecule has 1 aromatic heterocycles. The zero-order valence-corrected chi connectivity index (χ0v) is 10.6. The Kier molecular flexibility index (Phi) is 2.75. The summed E-state index contributed by atoms with van der Waals surface area (Å²) in [4.78, 5) is 1.33. The lowest BCUT2D eigenvalue weighted by Gasteiger charge is -1.88. The third-order valence-electron chi connectivity index (χ3n) is 1.93. The molecule has 0 aliphatic rings. The van der Waals surface area contributed by atoms with Crippen LogP contribution in [-0.2, 0) is 0 Å². The van der Waals surface area contributed by atoms with Crippen molar-refractivity contribution in [1.29, 1.82) is 0 Å². The fourth-order valence-corrected chi connectivity index (χ4v) is 3.06. The third kappa shape index (κ3) is 2.07. The summed E-state index contributed by atoms with van der Waals surface area (Å²) in [6.07, 6.45) is 2.22. The van der Waals surface area contributed by atoms with Crippen LogP contribution >= 0.6 is 27.3 Å². The number of rotatable bonds is 1. The molecule has 0 saturated carbocycles. The van der Waals surface area contributed by atoms with Gasteiger partial charge in [0.2, 0.25) is 0 Å². The van der Waals surface area contributed by atoms with E-state index in [1.165, 1.54) is 20.5 Å². The predicted molar refractivity (Wildman–Crippen MR) is 68.9 cm³/mol. The first-order valence-corrected chi connectivity index (χ1v) is 6.10. The molecule has 0 saturated heterocycles. The van der Waals surface area contributed by atoms with E-state index >= 15 is 0 Å². The molecule has 1 heterocycles. The van der Waals surface area contributed by atoms with Crippen LogP contribution in [0.15, 0.2) is 34.3 Å². The summed E-state index contributed by atoms with van der Waals surface area (Å²) in [5.74, 6) is 0. The summed E-state index contributed by atoms with van der Waals surface area (Å²) in [7, 11) is 0. The zero-order valence-electron chi connectivity index (χ0n) is 8.17. The Hall–Kier alpha value is -0.600. The predicted octanol–water partition coefficient (Wildman–Crippen LogP) is 5.09. The molecule has 0 atom stereocenters. The molecule has 0 fully saturated rings. The second-order valence-electron chi connectivity index (χ2n) is 3.55. The molecule has 0 N–H and O–H groups in total. The number of allylic oxidation sites excluding steroid dienone is 1. The maximum atomic E-state index is 3.48. The molecule has 0 nitrogen and oxygen atoms in total. The first kappa shape index (κ1) is 9.94. The molecular weight excluding hydrogens is 256 g/mol. The van der Waals surface area contributed by atoms with Crippen molar-refractivity contribution in [2.45, 2.75) is 13.8 Å². The summed E-state index contributed by atoms with van der Waals surface area (Å²) < 4.78 is 2.49. The Bertz CT molecular complexity index is 490. The highest BCUT2D eigenvalue weighted by Crippen LogP contribution is 2.29. The number of hydrogen-bond acceptors (Lipinski definition) is 1. The molecule has 2 heteroatoms. The molecule has 2 rings (SSSR count). The van der Waals surface area contributed by atoms with Crippen LogP contribution in [0.5, 0.6) is 0 Å². The Morgan fingerprint density at radius 3 is 2.79 bits per heavy atom. The molecule has 2 aromatic rings. The van der Waals surface area contributed by atoms with Crippen molar-refractivity contribution in [3.05, 3.63) is 39.2 Å². The number of thiophene rings is 1. The maximum absolute atomic E-state index is 3.48. The molecule has 14 heavy (non-hydrogen) atoms. The smallest absolute Gasteiger partial charge is 0.0360 e. The lowest BCUT2D eigenvalue weighted by atomic mass is 10.2. The molecule has 1 aromatic carbocycles. The second-order valence-corrected chi connectivity index (χ2v) is 5.58. The SMILES string of the molecule is CC(C)=Cc1cc2ccc(Br)cc2s1. The lowest BCUT2D eigenvalue weighted by molar-refractivity contribution is 1.43. The summed E-state index contributed by atoms with van der Waals surface area (Å²) in [5, 5.41) is 1.32. The second kappa shape index (κ2) is 3.87. The van der Waals surface area contributed by atoms with Crippen LogP contribution < -0.4 is 0 Å². The average molecular weight is 267 g/mol. The quantitative estimate of drug-likeness (QED) is 0.675. The Morgan fingerprint density at radius 1 is 1.29 bits per heavy atom. The summed E-state index contributed by atoms with van der Waals surface area (Å²) >= 11 is 5.32. The van der Waals surface area contributed by atoms with Gasteiger partial charge < -0.3 is 0 Å². The van der Waals surface area contributed by atoms with E-state index in [0.29, 0.717) is 0 Å². The standard InChI is InChI=1S/C12H11BrS/c1-8(2)5-11-6-9-3-4-10(13)7-12(9)14-11/h3-7H,1-2H3. The molecule has 0 bridgehead atoms. The Morgan fingerprint density at radius 2 is 2.07 bits per heavy atom. The van der Waals surface area contributed by atoms with Crippen molar-refractivity contribution < 1.29 is 0 Å². The first-order chi connectivity index (χ1) is 6.65. The van der Waals surface area contributed by atoms with Crippen LogP contribution in [0.2, 0.25) is 0 Å². The minimum atomic E-state index is 1.15. The molecule has 0 radical (unpaired) electrons. The van der Waals surface area contributed by atoms with Crippen LogP contribution in [0, 0.1) is 0 Å². The van der Waals surface area contributed by atoms with Gasteiger partial charge in [-0.15, -0.1) is 11.3 Å². The highest BCUT2D eigenvalue weighted by atomic mass is 79.9. The zero-order chi connectivity index (χ0) is 10.1. The summed E-state index contributed by atoms with van der Waals surface area (Å²) in [6, 6.07) is 8.64. The van der Waals surface area contributed by atoms with E-state index in [2.05, 4.69) is 60.1 Å². The van der Waals surface area contributed by atoms with Crippen LogP contribution in [0.3, 0.4) is 0 Å². The van der Waals surface area contributed by atoms with Gasteiger partial charge in [-0.1, -0.05) is 27.6 Å². The van der Waals surface area contributed by atoms with Gasteiger partial charge in [-0.2, -0.15) is 0 Å². The topological polar surface area (TPSA) is 0 Å². The number of halogens is 1. The van der Waals surface area contributed by atoms with Gasteiger partial charge in [-0.25, -0.2) is 0 Å². The van der Waals surface area contributed by atoms with E-state index in [4.69, 9.17) is 0 Å². The molecule has 0 amide bonds. The summed E-state index contributed by atoms with van der Waals surface area (Å²) in [5.41, 5.74) is 1.34. The van der Waals surface area contributed by atoms with Gasteiger partial charge in [0.1, 0.15) is 0 Å². The monoisotopic (exact) mass is 266 g/mol. The van der Waals surface area contributed by atoms with E-state index in [1.54, 1.807) is 0 Å². The fourth-order valence-electron chi connectivity index (χ4n) is 1.38. The van der Waals surface area contributed by atoms with Gasteiger partial charge in [-0.05, 0) is 43.5 Å². The number of hydrogen-bond donors (Lipinski definition) is 0. The van der Waals surface area contributed by atoms with Crippen molar-refractivity contribution in [3.8, 4) is 0 Å². The first-order valence-electron chi connectivity index (χ1n) is 4.49. The van der Waals surface area contributed by atoms with E-state index in [0.717, 1.165) is 4.47 Å². The highest BCUT2D eigenvalue weighted by molar-refractivity contribution is 9.10. The van der Waals surface area contributed by atoms with E-state index in [-0.39, 0.29) is 0 Å². The van der Waals surface area contributed by atoms with Crippen molar-refractivity contribution in [2.75, 3.05) is 0 Å².